The van der Waals surface area contributed by atoms with E-state index in [1.165, 1.54) is 12.1 Å². The third kappa shape index (κ3) is 3.63. The van der Waals surface area contributed by atoms with E-state index in [1.54, 1.807) is 35.4 Å². The first kappa shape index (κ1) is 16.8. The Balaban J connectivity index is 1.41. The van der Waals surface area contributed by atoms with Crippen LogP contribution in [0.25, 0.3) is 11.5 Å². The van der Waals surface area contributed by atoms with Gasteiger partial charge in [-0.3, -0.25) is 9.88 Å². The van der Waals surface area contributed by atoms with E-state index in [0.717, 1.165) is 32.0 Å². The maximum atomic E-state index is 13.1. The number of aromatic nitrogens is 4. The molecule has 9 heteroatoms. The van der Waals surface area contributed by atoms with Gasteiger partial charge in [0, 0.05) is 44.1 Å². The highest BCUT2D eigenvalue weighted by Crippen LogP contribution is 2.19. The summed E-state index contributed by atoms with van der Waals surface area (Å²) in [5.41, 5.74) is 0.698. The molecule has 0 saturated carbocycles. The number of nitrogens with zero attached hydrogens (tertiary/aromatic N) is 6. The first-order chi connectivity index (χ1) is 12.7. The van der Waals surface area contributed by atoms with E-state index in [2.05, 4.69) is 24.9 Å². The fraction of sp³-hybridized carbons (Fsp3) is 0.294. The number of hydrogen-bond donors (Lipinski definition) is 0. The van der Waals surface area contributed by atoms with Gasteiger partial charge in [-0.1, -0.05) is 0 Å². The zero-order valence-corrected chi connectivity index (χ0v) is 14.8. The second-order valence-electron chi connectivity index (χ2n) is 5.99. The van der Waals surface area contributed by atoms with Gasteiger partial charge in [0.1, 0.15) is 11.6 Å². The van der Waals surface area contributed by atoms with Gasteiger partial charge in [-0.2, -0.15) is 0 Å². The van der Waals surface area contributed by atoms with Crippen LogP contribution in [0.15, 0.2) is 47.3 Å². The maximum absolute atomic E-state index is 13.1. The molecule has 1 aliphatic rings. The fourth-order valence-electron chi connectivity index (χ4n) is 2.87. The Hall–Kier alpha value is -2.65. The van der Waals surface area contributed by atoms with Crippen LogP contribution in [0, 0.1) is 10.7 Å². The van der Waals surface area contributed by atoms with Crippen LogP contribution in [-0.4, -0.2) is 50.8 Å². The molecule has 0 spiro atoms. The number of benzene rings is 1. The highest BCUT2D eigenvalue weighted by atomic mass is 32.1. The van der Waals surface area contributed by atoms with E-state index in [1.807, 2.05) is 0 Å². The third-order valence-corrected chi connectivity index (χ3v) is 4.57. The minimum absolute atomic E-state index is 0.298. The standard InChI is InChI=1S/C17H17FN6OS/c18-14-3-1-13(2-4-14)16-21-24(17(26)25-16)12-22-7-9-23(10-8-22)15-11-19-5-6-20-15/h1-6,11H,7-10,12H2. The molecule has 3 heterocycles. The summed E-state index contributed by atoms with van der Waals surface area (Å²) in [5.74, 6) is 0.991. The summed E-state index contributed by atoms with van der Waals surface area (Å²) >= 11 is 5.27. The molecule has 0 unspecified atom stereocenters. The summed E-state index contributed by atoms with van der Waals surface area (Å²) in [6, 6.07) is 6.00. The Morgan fingerprint density at radius 3 is 2.54 bits per heavy atom. The minimum atomic E-state index is -0.298. The number of hydrogen-bond acceptors (Lipinski definition) is 7. The van der Waals surface area contributed by atoms with Gasteiger partial charge in [0.15, 0.2) is 0 Å². The molecule has 1 aliphatic heterocycles. The van der Waals surface area contributed by atoms with Gasteiger partial charge in [-0.15, -0.1) is 5.10 Å². The highest BCUT2D eigenvalue weighted by Gasteiger charge is 2.19. The molecule has 0 amide bonds. The third-order valence-electron chi connectivity index (χ3n) is 4.28. The summed E-state index contributed by atoms with van der Waals surface area (Å²) in [5, 5.41) is 4.43. The Morgan fingerprint density at radius 2 is 1.85 bits per heavy atom. The second-order valence-corrected chi connectivity index (χ2v) is 6.34. The summed E-state index contributed by atoms with van der Waals surface area (Å²) in [6.07, 6.45) is 5.15. The lowest BCUT2D eigenvalue weighted by atomic mass is 10.2. The topological polar surface area (TPSA) is 63.2 Å². The second kappa shape index (κ2) is 7.30. The lowest BCUT2D eigenvalue weighted by molar-refractivity contribution is 0.192. The lowest BCUT2D eigenvalue weighted by Gasteiger charge is -2.34. The predicted octanol–water partition coefficient (Wildman–Crippen LogP) is 2.58. The largest absolute Gasteiger partial charge is 0.409 e. The van der Waals surface area contributed by atoms with Crippen LogP contribution in [0.1, 0.15) is 0 Å². The number of rotatable bonds is 4. The average molecular weight is 372 g/mol. The minimum Gasteiger partial charge on any atom is -0.409 e. The van der Waals surface area contributed by atoms with Gasteiger partial charge in [-0.25, -0.2) is 14.1 Å². The van der Waals surface area contributed by atoms with Crippen LogP contribution in [0.5, 0.6) is 0 Å². The van der Waals surface area contributed by atoms with Crippen LogP contribution in [0.2, 0.25) is 0 Å². The number of halogens is 1. The van der Waals surface area contributed by atoms with Crippen molar-refractivity contribution < 1.29 is 8.81 Å². The van der Waals surface area contributed by atoms with E-state index in [4.69, 9.17) is 16.6 Å². The van der Waals surface area contributed by atoms with Crippen molar-refractivity contribution in [3.05, 3.63) is 53.5 Å². The molecule has 0 aliphatic carbocycles. The first-order valence-corrected chi connectivity index (χ1v) is 8.67. The smallest absolute Gasteiger partial charge is 0.288 e. The Morgan fingerprint density at radius 1 is 1.08 bits per heavy atom. The normalized spacial score (nSPS) is 15.3. The molecule has 1 aromatic carbocycles. The molecule has 0 N–H and O–H groups in total. The van der Waals surface area contributed by atoms with Gasteiger partial charge < -0.3 is 9.32 Å². The van der Waals surface area contributed by atoms with Gasteiger partial charge >= 0.3 is 0 Å². The van der Waals surface area contributed by atoms with E-state index in [0.29, 0.717) is 23.0 Å². The van der Waals surface area contributed by atoms with Crippen LogP contribution >= 0.6 is 12.2 Å². The Kier molecular flexibility index (Phi) is 4.72. The summed E-state index contributed by atoms with van der Waals surface area (Å²) in [4.78, 5) is 13.2. The molecule has 2 aromatic heterocycles. The zero-order chi connectivity index (χ0) is 17.9. The van der Waals surface area contributed by atoms with Crippen molar-refractivity contribution in [2.24, 2.45) is 0 Å². The van der Waals surface area contributed by atoms with Crippen LogP contribution in [-0.2, 0) is 6.67 Å². The lowest BCUT2D eigenvalue weighted by Crippen LogP contribution is -2.47. The van der Waals surface area contributed by atoms with Crippen LogP contribution < -0.4 is 4.90 Å². The summed E-state index contributed by atoms with van der Waals surface area (Å²) in [7, 11) is 0. The molecule has 1 fully saturated rings. The quantitative estimate of drug-likeness (QED) is 0.652. The van der Waals surface area contributed by atoms with E-state index < -0.39 is 0 Å². The van der Waals surface area contributed by atoms with Crippen molar-refractivity contribution in [2.75, 3.05) is 31.1 Å². The molecule has 26 heavy (non-hydrogen) atoms. The highest BCUT2D eigenvalue weighted by molar-refractivity contribution is 7.71. The predicted molar refractivity (Wildman–Crippen MR) is 96.5 cm³/mol. The van der Waals surface area contributed by atoms with Crippen molar-refractivity contribution in [3.8, 4) is 11.5 Å². The fourth-order valence-corrected chi connectivity index (χ4v) is 3.04. The Labute approximate surface area is 154 Å². The molecule has 134 valence electrons. The molecule has 0 radical (unpaired) electrons. The van der Waals surface area contributed by atoms with Crippen molar-refractivity contribution >= 4 is 18.0 Å². The van der Waals surface area contributed by atoms with Crippen molar-refractivity contribution in [2.45, 2.75) is 6.67 Å². The molecule has 0 bridgehead atoms. The molecular weight excluding hydrogens is 355 g/mol. The average Bonchev–Trinajstić information content (AvgIpc) is 3.04. The van der Waals surface area contributed by atoms with Crippen molar-refractivity contribution in [1.29, 1.82) is 0 Å². The monoisotopic (exact) mass is 372 g/mol. The van der Waals surface area contributed by atoms with E-state index in [9.17, 15) is 4.39 Å². The SMILES string of the molecule is Fc1ccc(-c2nn(CN3CCN(c4cnccn4)CC3)c(=S)o2)cc1. The Bertz CT molecular complexity index is 918. The summed E-state index contributed by atoms with van der Waals surface area (Å²) < 4.78 is 20.3. The van der Waals surface area contributed by atoms with Gasteiger partial charge in [0.2, 0.25) is 5.89 Å². The van der Waals surface area contributed by atoms with Gasteiger partial charge in [0.25, 0.3) is 4.84 Å². The maximum Gasteiger partial charge on any atom is 0.288 e. The molecule has 0 atom stereocenters. The van der Waals surface area contributed by atoms with Crippen molar-refractivity contribution in [3.63, 3.8) is 0 Å². The molecular formula is C17H17FN6OS. The van der Waals surface area contributed by atoms with Gasteiger partial charge in [-0.05, 0) is 36.5 Å². The first-order valence-electron chi connectivity index (χ1n) is 8.26. The number of anilines is 1. The van der Waals surface area contributed by atoms with Crippen LogP contribution in [0.3, 0.4) is 0 Å². The van der Waals surface area contributed by atoms with E-state index in [-0.39, 0.29) is 5.82 Å². The van der Waals surface area contributed by atoms with Gasteiger partial charge in [0.05, 0.1) is 12.9 Å². The molecule has 1 saturated heterocycles. The summed E-state index contributed by atoms with van der Waals surface area (Å²) in [6.45, 7) is 3.98. The van der Waals surface area contributed by atoms with Crippen LogP contribution in [0.4, 0.5) is 10.2 Å². The van der Waals surface area contributed by atoms with Crippen molar-refractivity contribution in [1.82, 2.24) is 24.6 Å². The zero-order valence-electron chi connectivity index (χ0n) is 14.0. The molecule has 3 aromatic rings. The number of piperazine rings is 1. The molecule has 7 nitrogen and oxygen atoms in total. The van der Waals surface area contributed by atoms with E-state index >= 15 is 0 Å². The molecule has 4 rings (SSSR count).